The van der Waals surface area contributed by atoms with Gasteiger partial charge in [-0.25, -0.2) is 0 Å². The third-order valence-electron chi connectivity index (χ3n) is 2.12. The third-order valence-corrected chi connectivity index (χ3v) is 2.12. The molecule has 0 aromatic heterocycles. The van der Waals surface area contributed by atoms with Gasteiger partial charge in [0.2, 0.25) is 6.54 Å². The Balaban J connectivity index is 2.59. The Hall–Kier alpha value is -1.63. The maximum absolute atomic E-state index is 12.4. The van der Waals surface area contributed by atoms with Crippen molar-refractivity contribution >= 4 is 0 Å². The van der Waals surface area contributed by atoms with Crippen LogP contribution in [0.2, 0.25) is 0 Å². The minimum Gasteiger partial charge on any atom is -0.297 e. The molecule has 0 heterocycles. The van der Waals surface area contributed by atoms with Crippen LogP contribution in [0.4, 0.5) is 13.2 Å². The van der Waals surface area contributed by atoms with Gasteiger partial charge in [0.05, 0.1) is 0 Å². The second-order valence-corrected chi connectivity index (χ2v) is 3.48. The Kier molecular flexibility index (Phi) is 4.45. The van der Waals surface area contributed by atoms with E-state index in [-0.39, 0.29) is 6.54 Å². The summed E-state index contributed by atoms with van der Waals surface area (Å²) in [5.74, 6) is 0. The lowest BCUT2D eigenvalue weighted by molar-refractivity contribution is -0.491. The van der Waals surface area contributed by atoms with Crippen molar-refractivity contribution in [2.75, 3.05) is 6.54 Å². The summed E-state index contributed by atoms with van der Waals surface area (Å²) in [6.45, 7) is -1.23. The summed E-state index contributed by atoms with van der Waals surface area (Å²) in [4.78, 5) is 9.16. The van der Waals surface area contributed by atoms with Crippen molar-refractivity contribution in [2.45, 2.75) is 18.8 Å². The molecule has 17 heavy (non-hydrogen) atoms. The first-order valence-electron chi connectivity index (χ1n) is 4.85. The summed E-state index contributed by atoms with van der Waals surface area (Å²) in [5.41, 5.74) is 0.644. The van der Waals surface area contributed by atoms with Gasteiger partial charge < -0.3 is 0 Å². The van der Waals surface area contributed by atoms with Gasteiger partial charge in [-0.3, -0.25) is 15.4 Å². The van der Waals surface area contributed by atoms with Gasteiger partial charge in [-0.2, -0.15) is 13.2 Å². The molecule has 1 aromatic carbocycles. The molecule has 94 valence electrons. The number of alkyl halides is 3. The highest BCUT2D eigenvalue weighted by atomic mass is 19.4. The molecular weight excluding hydrogens is 237 g/mol. The van der Waals surface area contributed by atoms with E-state index in [1.54, 1.807) is 30.3 Å². The van der Waals surface area contributed by atoms with E-state index in [1.807, 2.05) is 0 Å². The van der Waals surface area contributed by atoms with Crippen LogP contribution in [0.1, 0.15) is 5.56 Å². The Labute approximate surface area is 95.6 Å². The lowest BCUT2D eigenvalue weighted by atomic mass is 10.2. The summed E-state index contributed by atoms with van der Waals surface area (Å²) in [6, 6.07) is 6.28. The molecule has 0 bridgehead atoms. The van der Waals surface area contributed by atoms with E-state index >= 15 is 0 Å². The van der Waals surface area contributed by atoms with E-state index in [0.717, 1.165) is 0 Å². The molecule has 1 unspecified atom stereocenters. The van der Waals surface area contributed by atoms with Gasteiger partial charge in [-0.15, -0.1) is 0 Å². The lowest BCUT2D eigenvalue weighted by Crippen LogP contribution is -2.46. The van der Waals surface area contributed by atoms with Crippen LogP contribution in [0.25, 0.3) is 0 Å². The van der Waals surface area contributed by atoms with Gasteiger partial charge in [0.15, 0.2) is 6.04 Å². The first kappa shape index (κ1) is 13.4. The maximum atomic E-state index is 12.4. The second kappa shape index (κ2) is 5.62. The zero-order valence-corrected chi connectivity index (χ0v) is 8.78. The highest BCUT2D eigenvalue weighted by Gasteiger charge is 2.42. The number of halogens is 3. The van der Waals surface area contributed by atoms with Crippen molar-refractivity contribution < 1.29 is 18.1 Å². The Bertz CT molecular complexity index is 368. The molecule has 1 N–H and O–H groups in total. The molecule has 0 fully saturated rings. The Morgan fingerprint density at radius 3 is 2.35 bits per heavy atom. The lowest BCUT2D eigenvalue weighted by Gasteiger charge is -2.17. The minimum absolute atomic E-state index is 0.0567. The highest BCUT2D eigenvalue weighted by Crippen LogP contribution is 2.20. The molecule has 0 amide bonds. The molecule has 1 rings (SSSR count). The zero-order chi connectivity index (χ0) is 12.9. The molecule has 0 spiro atoms. The van der Waals surface area contributed by atoms with Crippen molar-refractivity contribution in [2.24, 2.45) is 0 Å². The predicted octanol–water partition coefficient (Wildman–Crippen LogP) is 1.98. The van der Waals surface area contributed by atoms with E-state index in [1.165, 1.54) is 0 Å². The number of nitrogens with zero attached hydrogens (tertiary/aromatic N) is 1. The number of nitro groups is 1. The van der Waals surface area contributed by atoms with E-state index in [4.69, 9.17) is 0 Å². The van der Waals surface area contributed by atoms with E-state index in [9.17, 15) is 23.3 Å². The zero-order valence-electron chi connectivity index (χ0n) is 8.78. The largest absolute Gasteiger partial charge is 0.410 e. The summed E-state index contributed by atoms with van der Waals surface area (Å²) in [7, 11) is 0. The quantitative estimate of drug-likeness (QED) is 0.640. The monoisotopic (exact) mass is 248 g/mol. The fourth-order valence-corrected chi connectivity index (χ4v) is 1.27. The average molecular weight is 248 g/mol. The maximum Gasteiger partial charge on any atom is 0.410 e. The fraction of sp³-hybridized carbons (Fsp3) is 0.400. The van der Waals surface area contributed by atoms with Gasteiger partial charge in [-0.05, 0) is 5.56 Å². The van der Waals surface area contributed by atoms with Crippen molar-refractivity contribution in [1.29, 1.82) is 0 Å². The van der Waals surface area contributed by atoms with Crippen LogP contribution in [0, 0.1) is 10.1 Å². The first-order chi connectivity index (χ1) is 7.89. The molecule has 0 aliphatic carbocycles. The molecule has 0 radical (unpaired) electrons. The normalized spacial score (nSPS) is 13.4. The average Bonchev–Trinajstić information content (AvgIpc) is 2.23. The van der Waals surface area contributed by atoms with Gasteiger partial charge >= 0.3 is 6.18 Å². The third kappa shape index (κ3) is 4.81. The second-order valence-electron chi connectivity index (χ2n) is 3.48. The number of hydrogen-bond donors (Lipinski definition) is 1. The molecule has 0 aliphatic rings. The van der Waals surface area contributed by atoms with Crippen molar-refractivity contribution in [3.63, 3.8) is 0 Å². The number of hydrogen-bond acceptors (Lipinski definition) is 3. The number of nitrogens with one attached hydrogen (secondary N) is 1. The Morgan fingerprint density at radius 2 is 1.88 bits per heavy atom. The smallest absolute Gasteiger partial charge is 0.297 e. The molecular formula is C10H11F3N2O2. The van der Waals surface area contributed by atoms with Crippen molar-refractivity contribution in [3.05, 3.63) is 46.0 Å². The standard InChI is InChI=1S/C10H11F3N2O2/c11-10(12,13)9(7-15(16)17)14-6-8-4-2-1-3-5-8/h1-5,9,14H,6-7H2. The van der Waals surface area contributed by atoms with E-state index in [0.29, 0.717) is 5.56 Å². The number of benzene rings is 1. The van der Waals surface area contributed by atoms with Gasteiger partial charge in [0.25, 0.3) is 0 Å². The topological polar surface area (TPSA) is 55.2 Å². The molecule has 1 atom stereocenters. The van der Waals surface area contributed by atoms with Crippen molar-refractivity contribution in [3.8, 4) is 0 Å². The summed E-state index contributed by atoms with van der Waals surface area (Å²) in [6.07, 6.45) is -4.62. The summed E-state index contributed by atoms with van der Waals surface area (Å²) < 4.78 is 37.2. The van der Waals surface area contributed by atoms with Gasteiger partial charge in [-0.1, -0.05) is 30.3 Å². The van der Waals surface area contributed by atoms with Gasteiger partial charge in [0, 0.05) is 11.5 Å². The molecule has 0 saturated heterocycles. The first-order valence-corrected chi connectivity index (χ1v) is 4.85. The van der Waals surface area contributed by atoms with Gasteiger partial charge in [0.1, 0.15) is 0 Å². The minimum atomic E-state index is -4.62. The number of rotatable bonds is 5. The molecule has 0 aliphatic heterocycles. The van der Waals surface area contributed by atoms with E-state index in [2.05, 4.69) is 5.32 Å². The fourth-order valence-electron chi connectivity index (χ4n) is 1.27. The Morgan fingerprint density at radius 1 is 1.29 bits per heavy atom. The van der Waals surface area contributed by atoms with Crippen LogP contribution in [0.5, 0.6) is 0 Å². The molecule has 1 aromatic rings. The summed E-state index contributed by atoms with van der Waals surface area (Å²) >= 11 is 0. The predicted molar refractivity (Wildman–Crippen MR) is 55.0 cm³/mol. The molecule has 7 heteroatoms. The molecule has 0 saturated carbocycles. The van der Waals surface area contributed by atoms with Crippen molar-refractivity contribution in [1.82, 2.24) is 5.32 Å². The van der Waals surface area contributed by atoms with Crippen LogP contribution in [-0.2, 0) is 6.54 Å². The summed E-state index contributed by atoms with van der Waals surface area (Å²) in [5, 5.41) is 12.3. The highest BCUT2D eigenvalue weighted by molar-refractivity contribution is 5.14. The van der Waals surface area contributed by atoms with Crippen LogP contribution in [0.15, 0.2) is 30.3 Å². The SMILES string of the molecule is O=[N+]([O-])CC(NCc1ccccc1)C(F)(F)F. The van der Waals surface area contributed by atoms with Crippen LogP contribution < -0.4 is 5.32 Å². The van der Waals surface area contributed by atoms with Crippen LogP contribution >= 0.6 is 0 Å². The van der Waals surface area contributed by atoms with E-state index < -0.39 is 23.7 Å². The van der Waals surface area contributed by atoms with Crippen LogP contribution in [0.3, 0.4) is 0 Å². The van der Waals surface area contributed by atoms with Crippen LogP contribution in [-0.4, -0.2) is 23.7 Å². The molecule has 4 nitrogen and oxygen atoms in total.